The van der Waals surface area contributed by atoms with E-state index < -0.39 is 6.04 Å². The van der Waals surface area contributed by atoms with Crippen molar-refractivity contribution in [3.05, 3.63) is 55.9 Å². The van der Waals surface area contributed by atoms with Gasteiger partial charge in [-0.2, -0.15) is 0 Å². The fourth-order valence-electron chi connectivity index (χ4n) is 3.53. The number of anilines is 1. The van der Waals surface area contributed by atoms with Gasteiger partial charge in [-0.05, 0) is 62.8 Å². The molecule has 4 rings (SSSR count). The van der Waals surface area contributed by atoms with Crippen LogP contribution < -0.4 is 10.9 Å². The number of hydrogen-bond acceptors (Lipinski definition) is 4. The minimum Gasteiger partial charge on any atom is -0.324 e. The number of fused-ring (bicyclic) bond motifs is 3. The highest BCUT2D eigenvalue weighted by Gasteiger charge is 2.23. The maximum atomic E-state index is 13.1. The monoisotopic (exact) mass is 401 g/mol. The molecular weight excluding hydrogens is 382 g/mol. The van der Waals surface area contributed by atoms with Crippen LogP contribution in [0.2, 0.25) is 5.02 Å². The molecule has 0 aliphatic heterocycles. The smallest absolute Gasteiger partial charge is 0.263 e. The predicted octanol–water partition coefficient (Wildman–Crippen LogP) is 4.50. The van der Waals surface area contributed by atoms with Gasteiger partial charge in [0.25, 0.3) is 5.56 Å². The Kier molecular flexibility index (Phi) is 4.78. The van der Waals surface area contributed by atoms with E-state index in [0.29, 0.717) is 16.1 Å². The summed E-state index contributed by atoms with van der Waals surface area (Å²) >= 11 is 7.64. The van der Waals surface area contributed by atoms with E-state index in [4.69, 9.17) is 11.6 Å². The molecule has 1 aliphatic carbocycles. The average molecular weight is 402 g/mol. The summed E-state index contributed by atoms with van der Waals surface area (Å²) in [5, 5.41) is 4.11. The van der Waals surface area contributed by atoms with Gasteiger partial charge in [0.1, 0.15) is 10.9 Å². The molecule has 0 saturated carbocycles. The van der Waals surface area contributed by atoms with Crippen LogP contribution in [0, 0.1) is 6.92 Å². The molecule has 140 valence electrons. The van der Waals surface area contributed by atoms with E-state index in [0.717, 1.165) is 41.6 Å². The summed E-state index contributed by atoms with van der Waals surface area (Å²) in [4.78, 5) is 32.4. The van der Waals surface area contributed by atoms with Gasteiger partial charge in [-0.15, -0.1) is 11.3 Å². The number of nitrogens with one attached hydrogen (secondary N) is 1. The van der Waals surface area contributed by atoms with Crippen LogP contribution in [0.15, 0.2) is 29.3 Å². The zero-order valence-electron chi connectivity index (χ0n) is 15.2. The average Bonchev–Trinajstić information content (AvgIpc) is 3.04. The van der Waals surface area contributed by atoms with Gasteiger partial charge < -0.3 is 5.32 Å². The first kappa shape index (κ1) is 18.2. The molecule has 1 aromatic carbocycles. The second-order valence-corrected chi connectivity index (χ2v) is 8.49. The first-order valence-corrected chi connectivity index (χ1v) is 10.2. The molecular formula is C20H20ClN3O2S. The fourth-order valence-corrected chi connectivity index (χ4v) is 4.92. The van der Waals surface area contributed by atoms with Crippen molar-refractivity contribution in [2.75, 3.05) is 5.32 Å². The van der Waals surface area contributed by atoms with Crippen molar-refractivity contribution in [3.8, 4) is 0 Å². The Morgan fingerprint density at radius 1 is 1.33 bits per heavy atom. The highest BCUT2D eigenvalue weighted by Crippen LogP contribution is 2.33. The number of carbonyl (C=O) groups is 1. The summed E-state index contributed by atoms with van der Waals surface area (Å²) in [6, 6.07) is 4.66. The Morgan fingerprint density at radius 3 is 2.93 bits per heavy atom. The molecule has 2 aromatic heterocycles. The molecule has 1 N–H and O–H groups in total. The first-order valence-electron chi connectivity index (χ1n) is 9.04. The lowest BCUT2D eigenvalue weighted by atomic mass is 9.97. The molecule has 0 fully saturated rings. The summed E-state index contributed by atoms with van der Waals surface area (Å²) in [7, 11) is 0. The van der Waals surface area contributed by atoms with Gasteiger partial charge in [0.2, 0.25) is 5.91 Å². The molecule has 27 heavy (non-hydrogen) atoms. The standard InChI is InChI=1S/C20H20ClN3O2S/c1-11-7-8-13(21)9-15(11)23-18(25)12(2)24-10-22-19-17(20(24)26)14-5-3-4-6-16(14)27-19/h7-10,12H,3-6H2,1-2H3,(H,23,25)/t12-/m1/s1. The lowest BCUT2D eigenvalue weighted by molar-refractivity contribution is -0.118. The molecule has 1 aliphatic rings. The quantitative estimate of drug-likeness (QED) is 0.702. The van der Waals surface area contributed by atoms with Gasteiger partial charge in [0.15, 0.2) is 0 Å². The third-order valence-electron chi connectivity index (χ3n) is 5.15. The van der Waals surface area contributed by atoms with Crippen molar-refractivity contribution >= 4 is 44.7 Å². The number of nitrogens with zero attached hydrogens (tertiary/aromatic N) is 2. The molecule has 1 atom stereocenters. The topological polar surface area (TPSA) is 64.0 Å². The van der Waals surface area contributed by atoms with Crippen molar-refractivity contribution in [1.29, 1.82) is 0 Å². The molecule has 0 unspecified atom stereocenters. The zero-order valence-corrected chi connectivity index (χ0v) is 16.8. The van der Waals surface area contributed by atoms with Crippen LogP contribution in [0.3, 0.4) is 0 Å². The highest BCUT2D eigenvalue weighted by molar-refractivity contribution is 7.18. The molecule has 0 bridgehead atoms. The number of aromatic nitrogens is 2. The van der Waals surface area contributed by atoms with Crippen LogP contribution in [0.1, 0.15) is 41.8 Å². The van der Waals surface area contributed by atoms with Crippen LogP contribution >= 0.6 is 22.9 Å². The van der Waals surface area contributed by atoms with E-state index in [9.17, 15) is 9.59 Å². The van der Waals surface area contributed by atoms with Gasteiger partial charge in [-0.1, -0.05) is 17.7 Å². The Bertz CT molecular complexity index is 1100. The molecule has 7 heteroatoms. The largest absolute Gasteiger partial charge is 0.324 e. The van der Waals surface area contributed by atoms with Crippen LogP contribution in [-0.4, -0.2) is 15.5 Å². The number of aryl methyl sites for hydroxylation is 3. The molecule has 0 saturated heterocycles. The number of halogens is 1. The van der Waals surface area contributed by atoms with Crippen molar-refractivity contribution in [3.63, 3.8) is 0 Å². The second kappa shape index (κ2) is 7.09. The van der Waals surface area contributed by atoms with Crippen LogP contribution in [0.5, 0.6) is 0 Å². The number of hydrogen-bond donors (Lipinski definition) is 1. The fraction of sp³-hybridized carbons (Fsp3) is 0.350. The number of amides is 1. The zero-order chi connectivity index (χ0) is 19.1. The minimum absolute atomic E-state index is 0.134. The Labute approximate surface area is 166 Å². The predicted molar refractivity (Wildman–Crippen MR) is 110 cm³/mol. The van der Waals surface area contributed by atoms with Crippen molar-refractivity contribution in [1.82, 2.24) is 9.55 Å². The van der Waals surface area contributed by atoms with Crippen LogP contribution in [-0.2, 0) is 17.6 Å². The highest BCUT2D eigenvalue weighted by atomic mass is 35.5. The van der Waals surface area contributed by atoms with Gasteiger partial charge in [-0.3, -0.25) is 14.2 Å². The van der Waals surface area contributed by atoms with Crippen LogP contribution in [0.4, 0.5) is 5.69 Å². The normalized spacial score (nSPS) is 14.8. The Hall–Kier alpha value is -2.18. The molecule has 3 aromatic rings. The lowest BCUT2D eigenvalue weighted by Crippen LogP contribution is -2.32. The summed E-state index contributed by atoms with van der Waals surface area (Å²) < 4.78 is 1.43. The Balaban J connectivity index is 1.69. The first-order chi connectivity index (χ1) is 13.0. The van der Waals surface area contributed by atoms with Crippen LogP contribution in [0.25, 0.3) is 10.2 Å². The van der Waals surface area contributed by atoms with Crippen molar-refractivity contribution < 1.29 is 4.79 Å². The number of rotatable bonds is 3. The van der Waals surface area contributed by atoms with Gasteiger partial charge >= 0.3 is 0 Å². The number of benzene rings is 1. The van der Waals surface area contributed by atoms with Gasteiger partial charge in [0, 0.05) is 15.6 Å². The lowest BCUT2D eigenvalue weighted by Gasteiger charge is -2.16. The van der Waals surface area contributed by atoms with E-state index >= 15 is 0 Å². The third-order valence-corrected chi connectivity index (χ3v) is 6.59. The maximum absolute atomic E-state index is 13.1. The summed E-state index contributed by atoms with van der Waals surface area (Å²) in [6.45, 7) is 3.61. The molecule has 5 nitrogen and oxygen atoms in total. The van der Waals surface area contributed by atoms with E-state index in [1.807, 2.05) is 13.0 Å². The van der Waals surface area contributed by atoms with Gasteiger partial charge in [0.05, 0.1) is 11.7 Å². The number of carbonyl (C=O) groups excluding carboxylic acids is 1. The van der Waals surface area contributed by atoms with Crippen molar-refractivity contribution in [2.45, 2.75) is 45.6 Å². The van der Waals surface area contributed by atoms with E-state index in [1.54, 1.807) is 30.4 Å². The Morgan fingerprint density at radius 2 is 2.11 bits per heavy atom. The summed E-state index contributed by atoms with van der Waals surface area (Å²) in [5.41, 5.74) is 2.55. The molecule has 1 amide bonds. The minimum atomic E-state index is -0.674. The van der Waals surface area contributed by atoms with E-state index in [2.05, 4.69) is 10.3 Å². The molecule has 2 heterocycles. The summed E-state index contributed by atoms with van der Waals surface area (Å²) in [5.74, 6) is -0.271. The van der Waals surface area contributed by atoms with E-state index in [1.165, 1.54) is 15.8 Å². The molecule has 0 spiro atoms. The second-order valence-electron chi connectivity index (χ2n) is 6.97. The summed E-state index contributed by atoms with van der Waals surface area (Å²) in [6.07, 6.45) is 5.67. The maximum Gasteiger partial charge on any atom is 0.263 e. The number of thiophene rings is 1. The molecule has 0 radical (unpaired) electrons. The van der Waals surface area contributed by atoms with Gasteiger partial charge in [-0.25, -0.2) is 4.98 Å². The SMILES string of the molecule is Cc1ccc(Cl)cc1NC(=O)[C@@H](C)n1cnc2sc3c(c2c1=O)CCCC3. The third kappa shape index (κ3) is 3.28. The van der Waals surface area contributed by atoms with E-state index in [-0.39, 0.29) is 11.5 Å². The van der Waals surface area contributed by atoms with Crippen molar-refractivity contribution in [2.24, 2.45) is 0 Å².